The summed E-state index contributed by atoms with van der Waals surface area (Å²) in [4.78, 5) is 27.4. The highest BCUT2D eigenvalue weighted by molar-refractivity contribution is 5.92. The van der Waals surface area contributed by atoms with Crippen LogP contribution >= 0.6 is 0 Å². The van der Waals surface area contributed by atoms with Gasteiger partial charge in [0.15, 0.2) is 6.10 Å². The SMILES string of the molecule is COc1cccc(CC(=O)Nc2ccc3c(c2)CN(Cc2ccccc2OC)C(=O)[C@H](C)O3)c1. The van der Waals surface area contributed by atoms with Crippen molar-refractivity contribution in [1.82, 2.24) is 4.90 Å². The zero-order chi connectivity index (χ0) is 24.1. The van der Waals surface area contributed by atoms with E-state index < -0.39 is 6.10 Å². The van der Waals surface area contributed by atoms with Gasteiger partial charge < -0.3 is 24.4 Å². The Morgan fingerprint density at radius 2 is 1.88 bits per heavy atom. The molecular formula is C27H28N2O5. The molecule has 0 radical (unpaired) electrons. The molecule has 1 aliphatic heterocycles. The standard InChI is InChI=1S/C27H28N2O5/c1-18-27(31)29(16-20-8-4-5-10-24(20)33-3)17-21-15-22(11-12-25(21)34-18)28-26(30)14-19-7-6-9-23(13-19)32-2/h4-13,15,18H,14,16-17H2,1-3H3,(H,28,30)/t18-/m0/s1. The number of benzene rings is 3. The van der Waals surface area contributed by atoms with Gasteiger partial charge in [0.25, 0.3) is 5.91 Å². The molecule has 4 rings (SSSR count). The van der Waals surface area contributed by atoms with Crippen LogP contribution < -0.4 is 19.5 Å². The molecule has 176 valence electrons. The average Bonchev–Trinajstić information content (AvgIpc) is 2.95. The number of nitrogens with one attached hydrogen (secondary N) is 1. The number of hydrogen-bond acceptors (Lipinski definition) is 5. The van der Waals surface area contributed by atoms with E-state index in [0.29, 0.717) is 30.3 Å². The molecule has 3 aromatic rings. The predicted molar refractivity (Wildman–Crippen MR) is 129 cm³/mol. The van der Waals surface area contributed by atoms with Gasteiger partial charge in [-0.25, -0.2) is 0 Å². The van der Waals surface area contributed by atoms with Gasteiger partial charge in [-0.3, -0.25) is 9.59 Å². The van der Waals surface area contributed by atoms with Gasteiger partial charge in [0.2, 0.25) is 5.91 Å². The number of methoxy groups -OCH3 is 2. The molecule has 34 heavy (non-hydrogen) atoms. The van der Waals surface area contributed by atoms with Gasteiger partial charge in [-0.1, -0.05) is 30.3 Å². The van der Waals surface area contributed by atoms with E-state index in [2.05, 4.69) is 5.32 Å². The van der Waals surface area contributed by atoms with E-state index in [1.165, 1.54) is 0 Å². The van der Waals surface area contributed by atoms with Crippen molar-refractivity contribution in [2.24, 2.45) is 0 Å². The van der Waals surface area contributed by atoms with E-state index in [0.717, 1.165) is 22.4 Å². The fourth-order valence-electron chi connectivity index (χ4n) is 4.02. The second kappa shape index (κ2) is 10.3. The molecule has 0 spiro atoms. The Kier molecular flexibility index (Phi) is 7.01. The largest absolute Gasteiger partial charge is 0.497 e. The fourth-order valence-corrected chi connectivity index (χ4v) is 4.02. The molecule has 2 amide bonds. The highest BCUT2D eigenvalue weighted by atomic mass is 16.5. The van der Waals surface area contributed by atoms with Crippen molar-refractivity contribution in [3.05, 3.63) is 83.4 Å². The Balaban J connectivity index is 1.51. The molecule has 0 saturated heterocycles. The fraction of sp³-hybridized carbons (Fsp3) is 0.259. The van der Waals surface area contributed by atoms with E-state index >= 15 is 0 Å². The summed E-state index contributed by atoms with van der Waals surface area (Å²) in [6.45, 7) is 2.50. The minimum atomic E-state index is -0.621. The number of ether oxygens (including phenoxy) is 3. The molecule has 0 unspecified atom stereocenters. The van der Waals surface area contributed by atoms with E-state index in [1.807, 2.05) is 54.6 Å². The van der Waals surface area contributed by atoms with E-state index in [9.17, 15) is 9.59 Å². The zero-order valence-electron chi connectivity index (χ0n) is 19.5. The lowest BCUT2D eigenvalue weighted by atomic mass is 10.1. The van der Waals surface area contributed by atoms with Gasteiger partial charge >= 0.3 is 0 Å². The first-order valence-electron chi connectivity index (χ1n) is 11.1. The van der Waals surface area contributed by atoms with Gasteiger partial charge in [-0.05, 0) is 48.9 Å². The third-order valence-electron chi connectivity index (χ3n) is 5.72. The molecule has 1 heterocycles. The van der Waals surface area contributed by atoms with Crippen LogP contribution in [0.25, 0.3) is 0 Å². The third kappa shape index (κ3) is 5.31. The van der Waals surface area contributed by atoms with Crippen LogP contribution in [0.3, 0.4) is 0 Å². The quantitative estimate of drug-likeness (QED) is 0.572. The molecule has 0 bridgehead atoms. The van der Waals surface area contributed by atoms with E-state index in [4.69, 9.17) is 14.2 Å². The van der Waals surface area contributed by atoms with Crippen LogP contribution in [0.1, 0.15) is 23.6 Å². The number of carbonyl (C=O) groups is 2. The van der Waals surface area contributed by atoms with Gasteiger partial charge in [-0.2, -0.15) is 0 Å². The number of para-hydroxylation sites is 1. The van der Waals surface area contributed by atoms with Crippen LogP contribution in [-0.2, 0) is 29.1 Å². The Hall–Kier alpha value is -4.00. The lowest BCUT2D eigenvalue weighted by Crippen LogP contribution is -2.37. The maximum atomic E-state index is 13.0. The summed E-state index contributed by atoms with van der Waals surface area (Å²) < 4.78 is 16.6. The van der Waals surface area contributed by atoms with Crippen LogP contribution in [0.4, 0.5) is 5.69 Å². The molecule has 1 aliphatic rings. The van der Waals surface area contributed by atoms with Crippen molar-refractivity contribution in [2.45, 2.75) is 32.5 Å². The lowest BCUT2D eigenvalue weighted by Gasteiger charge is -2.23. The van der Waals surface area contributed by atoms with Gasteiger partial charge in [0, 0.05) is 29.9 Å². The highest BCUT2D eigenvalue weighted by Gasteiger charge is 2.28. The van der Waals surface area contributed by atoms with Crippen molar-refractivity contribution >= 4 is 17.5 Å². The van der Waals surface area contributed by atoms with Gasteiger partial charge in [0.05, 0.1) is 20.6 Å². The van der Waals surface area contributed by atoms with Crippen molar-refractivity contribution < 1.29 is 23.8 Å². The first kappa shape index (κ1) is 23.2. The predicted octanol–water partition coefficient (Wildman–Crippen LogP) is 4.19. The summed E-state index contributed by atoms with van der Waals surface area (Å²) in [5.74, 6) is 1.83. The van der Waals surface area contributed by atoms with E-state index in [-0.39, 0.29) is 18.2 Å². The van der Waals surface area contributed by atoms with Crippen molar-refractivity contribution in [3.8, 4) is 17.2 Å². The normalized spacial score (nSPS) is 15.1. The molecule has 1 N–H and O–H groups in total. The molecule has 0 aliphatic carbocycles. The smallest absolute Gasteiger partial charge is 0.263 e. The molecule has 0 saturated carbocycles. The molecule has 0 fully saturated rings. The van der Waals surface area contributed by atoms with Crippen molar-refractivity contribution in [2.75, 3.05) is 19.5 Å². The Morgan fingerprint density at radius 3 is 2.68 bits per heavy atom. The Bertz CT molecular complexity index is 1190. The third-order valence-corrected chi connectivity index (χ3v) is 5.72. The topological polar surface area (TPSA) is 77.1 Å². The van der Waals surface area contributed by atoms with Crippen LogP contribution in [-0.4, -0.2) is 37.0 Å². The second-order valence-corrected chi connectivity index (χ2v) is 8.17. The zero-order valence-corrected chi connectivity index (χ0v) is 19.5. The summed E-state index contributed by atoms with van der Waals surface area (Å²) in [5.41, 5.74) is 3.25. The Labute approximate surface area is 199 Å². The lowest BCUT2D eigenvalue weighted by molar-refractivity contribution is -0.138. The average molecular weight is 461 g/mol. The summed E-state index contributed by atoms with van der Waals surface area (Å²) in [6, 6.07) is 20.5. The molecular weight excluding hydrogens is 432 g/mol. The monoisotopic (exact) mass is 460 g/mol. The first-order valence-corrected chi connectivity index (χ1v) is 11.1. The number of nitrogens with zero attached hydrogens (tertiary/aromatic N) is 1. The van der Waals surface area contributed by atoms with E-state index in [1.54, 1.807) is 38.2 Å². The first-order chi connectivity index (χ1) is 16.5. The summed E-state index contributed by atoms with van der Waals surface area (Å²) in [7, 11) is 3.21. The number of fused-ring (bicyclic) bond motifs is 1. The molecule has 7 nitrogen and oxygen atoms in total. The van der Waals surface area contributed by atoms with Gasteiger partial charge in [-0.15, -0.1) is 0 Å². The number of amides is 2. The van der Waals surface area contributed by atoms with Crippen LogP contribution in [0.2, 0.25) is 0 Å². The maximum Gasteiger partial charge on any atom is 0.263 e. The van der Waals surface area contributed by atoms with Crippen molar-refractivity contribution in [3.63, 3.8) is 0 Å². The maximum absolute atomic E-state index is 13.0. The number of anilines is 1. The summed E-state index contributed by atoms with van der Waals surface area (Å²) in [6.07, 6.45) is -0.398. The van der Waals surface area contributed by atoms with Crippen LogP contribution in [0.15, 0.2) is 66.7 Å². The molecule has 7 heteroatoms. The van der Waals surface area contributed by atoms with Crippen molar-refractivity contribution in [1.29, 1.82) is 0 Å². The summed E-state index contributed by atoms with van der Waals surface area (Å²) in [5, 5.41) is 2.94. The van der Waals surface area contributed by atoms with Crippen LogP contribution in [0.5, 0.6) is 17.2 Å². The molecule has 0 aromatic heterocycles. The molecule has 3 aromatic carbocycles. The number of hydrogen-bond donors (Lipinski definition) is 1. The Morgan fingerprint density at radius 1 is 1.06 bits per heavy atom. The summed E-state index contributed by atoms with van der Waals surface area (Å²) >= 11 is 0. The second-order valence-electron chi connectivity index (χ2n) is 8.17. The minimum absolute atomic E-state index is 0.106. The molecule has 1 atom stereocenters. The van der Waals surface area contributed by atoms with Gasteiger partial charge in [0.1, 0.15) is 17.2 Å². The highest BCUT2D eigenvalue weighted by Crippen LogP contribution is 2.30. The minimum Gasteiger partial charge on any atom is -0.497 e. The number of carbonyl (C=O) groups excluding carboxylic acids is 2. The van der Waals surface area contributed by atoms with Crippen LogP contribution in [0, 0.1) is 0 Å². The number of rotatable bonds is 7.